The number of carbonyl (C=O) groups is 1. The molecule has 0 saturated heterocycles. The van der Waals surface area contributed by atoms with Crippen molar-refractivity contribution in [1.82, 2.24) is 4.98 Å². The normalized spacial score (nSPS) is 32.9. The van der Waals surface area contributed by atoms with Gasteiger partial charge in [0.25, 0.3) is 11.6 Å². The van der Waals surface area contributed by atoms with E-state index in [1.165, 1.54) is 0 Å². The van der Waals surface area contributed by atoms with Crippen LogP contribution in [0.1, 0.15) is 12.8 Å². The van der Waals surface area contributed by atoms with Crippen LogP contribution in [0.4, 0.5) is 31.5 Å². The zero-order chi connectivity index (χ0) is 18.9. The first-order valence-corrected chi connectivity index (χ1v) is 8.67. The molecule has 0 radical (unpaired) electrons. The highest BCUT2D eigenvalue weighted by Gasteiger charge is 2.84. The third kappa shape index (κ3) is 2.20. The molecule has 3 nitrogen and oxygen atoms in total. The Labute approximate surface area is 147 Å². The summed E-state index contributed by atoms with van der Waals surface area (Å²) in [5, 5.41) is 2.51. The monoisotopic (exact) mass is 394 g/mol. The van der Waals surface area contributed by atoms with Gasteiger partial charge in [0.05, 0.1) is 10.2 Å². The van der Waals surface area contributed by atoms with E-state index >= 15 is 0 Å². The minimum absolute atomic E-state index is 0.141. The Kier molecular flexibility index (Phi) is 3.61. The fraction of sp³-hybridized carbons (Fsp3) is 0.500. The van der Waals surface area contributed by atoms with Crippen molar-refractivity contribution in [2.75, 3.05) is 5.32 Å². The maximum absolute atomic E-state index is 14.5. The molecular formula is C16H12F6N2OS. The van der Waals surface area contributed by atoms with Crippen LogP contribution in [-0.2, 0) is 4.79 Å². The maximum Gasteiger partial charge on any atom is 0.428 e. The summed E-state index contributed by atoms with van der Waals surface area (Å²) in [7, 11) is 0. The van der Waals surface area contributed by atoms with Gasteiger partial charge in [0.1, 0.15) is 0 Å². The summed E-state index contributed by atoms with van der Waals surface area (Å²) in [5.41, 5.74) is -4.10. The second kappa shape index (κ2) is 5.34. The number of anilines is 1. The zero-order valence-corrected chi connectivity index (χ0v) is 13.8. The fourth-order valence-corrected chi connectivity index (χ4v) is 5.00. The molecule has 26 heavy (non-hydrogen) atoms. The Morgan fingerprint density at radius 1 is 1.19 bits per heavy atom. The summed E-state index contributed by atoms with van der Waals surface area (Å²) < 4.78 is 82.5. The van der Waals surface area contributed by atoms with E-state index in [1.807, 2.05) is 0 Å². The molecule has 0 unspecified atom stereocenters. The molecule has 0 aliphatic heterocycles. The van der Waals surface area contributed by atoms with Crippen molar-refractivity contribution in [2.45, 2.75) is 30.6 Å². The Morgan fingerprint density at radius 3 is 2.50 bits per heavy atom. The summed E-state index contributed by atoms with van der Waals surface area (Å²) in [6.45, 7) is 0. The molecular weight excluding hydrogens is 382 g/mol. The van der Waals surface area contributed by atoms with Gasteiger partial charge in [-0.3, -0.25) is 4.79 Å². The van der Waals surface area contributed by atoms with E-state index in [1.54, 1.807) is 24.3 Å². The number of carbonyl (C=O) groups excluding carboxylic acids is 1. The lowest BCUT2D eigenvalue weighted by molar-refractivity contribution is -0.321. The first kappa shape index (κ1) is 17.6. The number of thiazole rings is 1. The van der Waals surface area contributed by atoms with Crippen molar-refractivity contribution in [1.29, 1.82) is 0 Å². The van der Waals surface area contributed by atoms with Crippen LogP contribution in [0.3, 0.4) is 0 Å². The van der Waals surface area contributed by atoms with Crippen LogP contribution >= 0.6 is 11.3 Å². The number of rotatable bonds is 2. The van der Waals surface area contributed by atoms with Gasteiger partial charge < -0.3 is 5.32 Å². The van der Waals surface area contributed by atoms with E-state index in [0.717, 1.165) is 16.0 Å². The largest absolute Gasteiger partial charge is 0.428 e. The van der Waals surface area contributed by atoms with Crippen molar-refractivity contribution in [3.63, 3.8) is 0 Å². The van der Waals surface area contributed by atoms with Crippen LogP contribution in [0.25, 0.3) is 10.2 Å². The Balaban J connectivity index is 1.60. The molecule has 2 aliphatic carbocycles. The standard InChI is InChI=1S/C16H12F6N2OS/c17-14(16(20,21)22)9-6-7(15(14,18)19)5-8(9)12(25)24-13-23-10-3-1-2-4-11(10)26-13/h1-4,7-9H,5-6H2,(H,23,24,25)/t7-,8-,9+,14-/m1/s1. The van der Waals surface area contributed by atoms with Gasteiger partial charge in [0.15, 0.2) is 5.13 Å². The van der Waals surface area contributed by atoms with Crippen LogP contribution in [0.5, 0.6) is 0 Å². The van der Waals surface area contributed by atoms with Gasteiger partial charge in [-0.25, -0.2) is 18.2 Å². The molecule has 1 amide bonds. The summed E-state index contributed by atoms with van der Waals surface area (Å²) in [5.74, 6) is -10.8. The minimum atomic E-state index is -5.75. The van der Waals surface area contributed by atoms with Crippen molar-refractivity contribution < 1.29 is 31.1 Å². The molecule has 1 aromatic heterocycles. The number of amides is 1. The minimum Gasteiger partial charge on any atom is -0.302 e. The Morgan fingerprint density at radius 2 is 1.88 bits per heavy atom. The maximum atomic E-state index is 14.5. The number of alkyl halides is 6. The third-order valence-electron chi connectivity index (χ3n) is 5.34. The Hall–Kier alpha value is -1.84. The van der Waals surface area contributed by atoms with E-state index in [9.17, 15) is 31.1 Å². The molecule has 10 heteroatoms. The molecule has 4 rings (SSSR count). The molecule has 2 aliphatic rings. The lowest BCUT2D eigenvalue weighted by Crippen LogP contribution is -2.61. The number of hydrogen-bond donors (Lipinski definition) is 1. The van der Waals surface area contributed by atoms with Gasteiger partial charge in [-0.15, -0.1) is 0 Å². The molecule has 0 spiro atoms. The van der Waals surface area contributed by atoms with Crippen molar-refractivity contribution >= 4 is 32.6 Å². The Bertz CT molecular complexity index is 848. The number of halogens is 6. The number of para-hydroxylation sites is 1. The van der Waals surface area contributed by atoms with Crippen LogP contribution in [0.2, 0.25) is 0 Å². The topological polar surface area (TPSA) is 42.0 Å². The summed E-state index contributed by atoms with van der Waals surface area (Å²) >= 11 is 1.10. The first-order chi connectivity index (χ1) is 12.1. The van der Waals surface area contributed by atoms with E-state index < -0.39 is 54.3 Å². The van der Waals surface area contributed by atoms with E-state index in [4.69, 9.17) is 0 Å². The number of aromatic nitrogens is 1. The van der Waals surface area contributed by atoms with Crippen LogP contribution in [0, 0.1) is 17.8 Å². The highest BCUT2D eigenvalue weighted by atomic mass is 32.1. The number of hydrogen-bond acceptors (Lipinski definition) is 3. The van der Waals surface area contributed by atoms with Crippen molar-refractivity contribution in [2.24, 2.45) is 17.8 Å². The molecule has 1 heterocycles. The molecule has 2 saturated carbocycles. The molecule has 4 atom stereocenters. The van der Waals surface area contributed by atoms with Gasteiger partial charge in [0, 0.05) is 17.8 Å². The lowest BCUT2D eigenvalue weighted by Gasteiger charge is -2.40. The van der Waals surface area contributed by atoms with Crippen molar-refractivity contribution in [3.8, 4) is 0 Å². The molecule has 140 valence electrons. The van der Waals surface area contributed by atoms with Gasteiger partial charge in [-0.1, -0.05) is 23.5 Å². The fourth-order valence-electron chi connectivity index (χ4n) is 4.13. The van der Waals surface area contributed by atoms with Crippen LogP contribution < -0.4 is 5.32 Å². The van der Waals surface area contributed by atoms with Crippen molar-refractivity contribution in [3.05, 3.63) is 24.3 Å². The average molecular weight is 394 g/mol. The number of benzene rings is 1. The predicted octanol–water partition coefficient (Wildman–Crippen LogP) is 4.80. The van der Waals surface area contributed by atoms with Gasteiger partial charge in [-0.05, 0) is 25.0 Å². The first-order valence-electron chi connectivity index (χ1n) is 7.85. The van der Waals surface area contributed by atoms with Crippen LogP contribution in [-0.4, -0.2) is 28.7 Å². The molecule has 1 N–H and O–H groups in total. The molecule has 1 aromatic carbocycles. The lowest BCUT2D eigenvalue weighted by atomic mass is 9.75. The predicted molar refractivity (Wildman–Crippen MR) is 82.8 cm³/mol. The SMILES string of the molecule is O=C(Nc1nc2ccccc2s1)[C@@H]1C[C@@H]2C[C@@H]1[C@](F)(C(F)(F)F)C2(F)F. The van der Waals surface area contributed by atoms with Gasteiger partial charge in [-0.2, -0.15) is 13.2 Å². The van der Waals surface area contributed by atoms with E-state index in [0.29, 0.717) is 5.52 Å². The van der Waals surface area contributed by atoms with E-state index in [2.05, 4.69) is 10.3 Å². The molecule has 2 bridgehead atoms. The zero-order valence-electron chi connectivity index (χ0n) is 13.0. The quantitative estimate of drug-likeness (QED) is 0.744. The summed E-state index contributed by atoms with van der Waals surface area (Å²) in [4.78, 5) is 16.5. The second-order valence-corrected chi connectivity index (χ2v) is 7.72. The summed E-state index contributed by atoms with van der Waals surface area (Å²) in [6, 6.07) is 6.92. The number of fused-ring (bicyclic) bond motifs is 3. The third-order valence-corrected chi connectivity index (χ3v) is 6.30. The number of nitrogens with zero attached hydrogens (tertiary/aromatic N) is 1. The van der Waals surface area contributed by atoms with Gasteiger partial charge in [0.2, 0.25) is 5.91 Å². The molecule has 2 aromatic rings. The smallest absolute Gasteiger partial charge is 0.302 e. The van der Waals surface area contributed by atoms with Crippen LogP contribution in [0.15, 0.2) is 24.3 Å². The van der Waals surface area contributed by atoms with Gasteiger partial charge >= 0.3 is 6.18 Å². The molecule has 2 fully saturated rings. The highest BCUT2D eigenvalue weighted by Crippen LogP contribution is 2.68. The average Bonchev–Trinajstić information content (AvgIpc) is 3.20. The summed E-state index contributed by atoms with van der Waals surface area (Å²) in [6.07, 6.45) is -6.89. The number of nitrogens with one attached hydrogen (secondary N) is 1. The van der Waals surface area contributed by atoms with E-state index in [-0.39, 0.29) is 5.13 Å². The second-order valence-electron chi connectivity index (χ2n) is 6.69. The highest BCUT2D eigenvalue weighted by molar-refractivity contribution is 7.22.